The Kier molecular flexibility index (Phi) is 6.80. The van der Waals surface area contributed by atoms with Crippen LogP contribution in [0.4, 0.5) is 0 Å². The van der Waals surface area contributed by atoms with Gasteiger partial charge in [0, 0.05) is 6.04 Å². The molecule has 2 unspecified atom stereocenters. The minimum atomic E-state index is -0.551. The van der Waals surface area contributed by atoms with Crippen LogP contribution < -0.4 is 11.1 Å². The van der Waals surface area contributed by atoms with E-state index in [9.17, 15) is 4.79 Å². The standard InChI is InChI=1S/C15H31N3O/c1-13-9-5-4-7-11-18(13)12-8-6-10-15(2,17-3)14(16)19/h13,17H,4-12H2,1-3H3,(H2,16,19). The van der Waals surface area contributed by atoms with E-state index in [0.717, 1.165) is 25.8 Å². The highest BCUT2D eigenvalue weighted by molar-refractivity contribution is 5.84. The lowest BCUT2D eigenvalue weighted by Gasteiger charge is -2.28. The van der Waals surface area contributed by atoms with Crippen LogP contribution in [0.15, 0.2) is 0 Å². The third kappa shape index (κ3) is 5.11. The van der Waals surface area contributed by atoms with Crippen LogP contribution in [0.2, 0.25) is 0 Å². The molecule has 0 aromatic carbocycles. The van der Waals surface area contributed by atoms with Crippen molar-refractivity contribution in [1.82, 2.24) is 10.2 Å². The molecule has 1 heterocycles. The lowest BCUT2D eigenvalue weighted by atomic mass is 9.94. The molecule has 112 valence electrons. The van der Waals surface area contributed by atoms with Crippen LogP contribution >= 0.6 is 0 Å². The van der Waals surface area contributed by atoms with Crippen LogP contribution in [0.3, 0.4) is 0 Å². The highest BCUT2D eigenvalue weighted by Gasteiger charge is 2.28. The zero-order valence-corrected chi connectivity index (χ0v) is 12.9. The monoisotopic (exact) mass is 269 g/mol. The van der Waals surface area contributed by atoms with Crippen molar-refractivity contribution >= 4 is 5.91 Å². The number of hydrogen-bond acceptors (Lipinski definition) is 3. The number of likely N-dealkylation sites (N-methyl/N-ethyl adjacent to an activating group) is 1. The summed E-state index contributed by atoms with van der Waals surface area (Å²) in [5.41, 5.74) is 4.89. The second-order valence-corrected chi connectivity index (χ2v) is 6.14. The molecule has 1 rings (SSSR count). The largest absolute Gasteiger partial charge is 0.368 e. The minimum Gasteiger partial charge on any atom is -0.368 e. The van der Waals surface area contributed by atoms with Crippen molar-refractivity contribution in [3.63, 3.8) is 0 Å². The average Bonchev–Trinajstić information content (AvgIpc) is 2.59. The number of unbranched alkanes of at least 4 members (excludes halogenated alkanes) is 1. The fraction of sp³-hybridized carbons (Fsp3) is 0.933. The highest BCUT2D eigenvalue weighted by atomic mass is 16.1. The number of amides is 1. The van der Waals surface area contributed by atoms with E-state index in [1.165, 1.54) is 32.2 Å². The number of nitrogens with two attached hydrogens (primary N) is 1. The van der Waals surface area contributed by atoms with Crippen molar-refractivity contribution in [1.29, 1.82) is 0 Å². The van der Waals surface area contributed by atoms with E-state index in [1.807, 2.05) is 14.0 Å². The predicted molar refractivity (Wildman–Crippen MR) is 80.0 cm³/mol. The Morgan fingerprint density at radius 1 is 1.37 bits per heavy atom. The summed E-state index contributed by atoms with van der Waals surface area (Å²) in [7, 11) is 1.81. The molecule has 1 aliphatic heterocycles. The first-order valence-corrected chi connectivity index (χ1v) is 7.72. The summed E-state index contributed by atoms with van der Waals surface area (Å²) in [4.78, 5) is 14.0. The number of likely N-dealkylation sites (tertiary alicyclic amines) is 1. The van der Waals surface area contributed by atoms with Gasteiger partial charge in [-0.25, -0.2) is 0 Å². The van der Waals surface area contributed by atoms with Gasteiger partial charge in [0.2, 0.25) is 5.91 Å². The van der Waals surface area contributed by atoms with Crippen LogP contribution in [-0.2, 0) is 4.79 Å². The van der Waals surface area contributed by atoms with Crippen LogP contribution in [0.1, 0.15) is 58.8 Å². The van der Waals surface area contributed by atoms with Gasteiger partial charge >= 0.3 is 0 Å². The summed E-state index contributed by atoms with van der Waals surface area (Å²) in [6.07, 6.45) is 8.42. The van der Waals surface area contributed by atoms with Gasteiger partial charge in [-0.05, 0) is 66.1 Å². The van der Waals surface area contributed by atoms with Crippen molar-refractivity contribution < 1.29 is 4.79 Å². The second kappa shape index (κ2) is 7.85. The first-order valence-electron chi connectivity index (χ1n) is 7.72. The van der Waals surface area contributed by atoms with E-state index in [-0.39, 0.29) is 5.91 Å². The van der Waals surface area contributed by atoms with E-state index < -0.39 is 5.54 Å². The topological polar surface area (TPSA) is 58.4 Å². The van der Waals surface area contributed by atoms with Gasteiger partial charge in [-0.2, -0.15) is 0 Å². The molecule has 0 aromatic rings. The molecule has 4 nitrogen and oxygen atoms in total. The van der Waals surface area contributed by atoms with Gasteiger partial charge in [0.15, 0.2) is 0 Å². The van der Waals surface area contributed by atoms with Crippen LogP contribution in [0, 0.1) is 0 Å². The Morgan fingerprint density at radius 2 is 2.11 bits per heavy atom. The molecule has 19 heavy (non-hydrogen) atoms. The fourth-order valence-corrected chi connectivity index (χ4v) is 2.83. The predicted octanol–water partition coefficient (Wildman–Crippen LogP) is 1.88. The number of nitrogens with zero attached hydrogens (tertiary/aromatic N) is 1. The number of hydrogen-bond donors (Lipinski definition) is 2. The zero-order chi connectivity index (χ0) is 14.3. The molecule has 0 bridgehead atoms. The summed E-state index contributed by atoms with van der Waals surface area (Å²) in [5, 5.41) is 3.05. The van der Waals surface area contributed by atoms with E-state index in [2.05, 4.69) is 17.1 Å². The molecule has 1 amide bonds. The van der Waals surface area contributed by atoms with Crippen molar-refractivity contribution in [3.8, 4) is 0 Å². The zero-order valence-electron chi connectivity index (χ0n) is 12.9. The van der Waals surface area contributed by atoms with Gasteiger partial charge in [-0.15, -0.1) is 0 Å². The second-order valence-electron chi connectivity index (χ2n) is 6.14. The van der Waals surface area contributed by atoms with Gasteiger partial charge in [0.1, 0.15) is 0 Å². The maximum Gasteiger partial charge on any atom is 0.237 e. The van der Waals surface area contributed by atoms with Crippen LogP contribution in [-0.4, -0.2) is 42.5 Å². The van der Waals surface area contributed by atoms with E-state index in [0.29, 0.717) is 6.04 Å². The van der Waals surface area contributed by atoms with Crippen molar-refractivity contribution in [2.24, 2.45) is 5.73 Å². The highest BCUT2D eigenvalue weighted by Crippen LogP contribution is 2.18. The molecule has 2 atom stereocenters. The Bertz CT molecular complexity index is 283. The molecule has 3 N–H and O–H groups in total. The summed E-state index contributed by atoms with van der Waals surface area (Å²) >= 11 is 0. The van der Waals surface area contributed by atoms with E-state index >= 15 is 0 Å². The number of carbonyl (C=O) groups excluding carboxylic acids is 1. The summed E-state index contributed by atoms with van der Waals surface area (Å²) in [6, 6.07) is 0.717. The SMILES string of the molecule is CNC(C)(CCCCN1CCCCCC1C)C(N)=O. The molecule has 1 fully saturated rings. The molecule has 0 radical (unpaired) electrons. The maximum absolute atomic E-state index is 11.4. The number of nitrogens with one attached hydrogen (secondary N) is 1. The molecule has 0 aliphatic carbocycles. The van der Waals surface area contributed by atoms with Crippen LogP contribution in [0.25, 0.3) is 0 Å². The lowest BCUT2D eigenvalue weighted by Crippen LogP contribution is -2.51. The third-order valence-electron chi connectivity index (χ3n) is 4.66. The molecule has 4 heteroatoms. The van der Waals surface area contributed by atoms with Gasteiger partial charge < -0.3 is 16.0 Å². The summed E-state index contributed by atoms with van der Waals surface area (Å²) in [6.45, 7) is 6.62. The summed E-state index contributed by atoms with van der Waals surface area (Å²) < 4.78 is 0. The number of rotatable bonds is 7. The van der Waals surface area contributed by atoms with Crippen molar-refractivity contribution in [2.75, 3.05) is 20.1 Å². The fourth-order valence-electron chi connectivity index (χ4n) is 2.83. The molecule has 0 saturated carbocycles. The maximum atomic E-state index is 11.4. The Balaban J connectivity index is 2.27. The van der Waals surface area contributed by atoms with Gasteiger partial charge in [-0.3, -0.25) is 4.79 Å². The molecule has 1 saturated heterocycles. The normalized spacial score (nSPS) is 24.7. The van der Waals surface area contributed by atoms with Crippen LogP contribution in [0.5, 0.6) is 0 Å². The van der Waals surface area contributed by atoms with Gasteiger partial charge in [0.05, 0.1) is 5.54 Å². The smallest absolute Gasteiger partial charge is 0.237 e. The minimum absolute atomic E-state index is 0.252. The number of primary amides is 1. The Morgan fingerprint density at radius 3 is 2.74 bits per heavy atom. The average molecular weight is 269 g/mol. The third-order valence-corrected chi connectivity index (χ3v) is 4.66. The molecule has 0 spiro atoms. The first-order chi connectivity index (χ1) is 8.99. The van der Waals surface area contributed by atoms with Gasteiger partial charge in [-0.1, -0.05) is 12.8 Å². The van der Waals surface area contributed by atoms with Crippen molar-refractivity contribution in [3.05, 3.63) is 0 Å². The Hall–Kier alpha value is -0.610. The quantitative estimate of drug-likeness (QED) is 0.694. The molecular formula is C15H31N3O. The lowest BCUT2D eigenvalue weighted by molar-refractivity contribution is -0.123. The molecule has 0 aromatic heterocycles. The number of carbonyl (C=O) groups is 1. The van der Waals surface area contributed by atoms with Gasteiger partial charge in [0.25, 0.3) is 0 Å². The molecule has 1 aliphatic rings. The van der Waals surface area contributed by atoms with Crippen molar-refractivity contribution in [2.45, 2.75) is 70.4 Å². The Labute approximate surface area is 118 Å². The summed E-state index contributed by atoms with van der Waals surface area (Å²) in [5.74, 6) is -0.252. The van der Waals surface area contributed by atoms with E-state index in [1.54, 1.807) is 0 Å². The van der Waals surface area contributed by atoms with E-state index in [4.69, 9.17) is 5.73 Å². The molecular weight excluding hydrogens is 238 g/mol. The first kappa shape index (κ1) is 16.4.